The Labute approximate surface area is 115 Å². The summed E-state index contributed by atoms with van der Waals surface area (Å²) in [7, 11) is 1.57. The number of nitrogens with one attached hydrogen (secondary N) is 1. The second-order valence-electron chi connectivity index (χ2n) is 4.57. The maximum Gasteiger partial charge on any atom is 0.317 e. The number of ether oxygens (including phenoxy) is 2. The van der Waals surface area contributed by atoms with Crippen molar-refractivity contribution >= 4 is 6.03 Å². The van der Waals surface area contributed by atoms with Crippen LogP contribution in [0.4, 0.5) is 13.6 Å². The first kappa shape index (κ1) is 14.7. The lowest BCUT2D eigenvalue weighted by atomic mass is 10.2. The lowest BCUT2D eigenvalue weighted by Crippen LogP contribution is -2.41. The molecule has 0 aliphatic carbocycles. The van der Waals surface area contributed by atoms with Gasteiger partial charge in [-0.25, -0.2) is 13.6 Å². The number of nitrogens with zero attached hydrogens (tertiary/aromatic N) is 1. The predicted octanol–water partition coefficient (Wildman–Crippen LogP) is 1.48. The minimum Gasteiger partial charge on any atom is -0.353 e. The highest BCUT2D eigenvalue weighted by Crippen LogP contribution is 2.10. The first-order chi connectivity index (χ1) is 9.56. The average Bonchev–Trinajstić information content (AvgIpc) is 2.93. The quantitative estimate of drug-likeness (QED) is 0.912. The fourth-order valence-corrected chi connectivity index (χ4v) is 1.81. The second kappa shape index (κ2) is 6.62. The van der Waals surface area contributed by atoms with Crippen molar-refractivity contribution in [1.82, 2.24) is 10.2 Å². The first-order valence-corrected chi connectivity index (χ1v) is 6.18. The third-order valence-corrected chi connectivity index (χ3v) is 2.92. The van der Waals surface area contributed by atoms with Gasteiger partial charge in [0, 0.05) is 20.1 Å². The highest BCUT2D eigenvalue weighted by atomic mass is 19.2. The van der Waals surface area contributed by atoms with Crippen LogP contribution >= 0.6 is 0 Å². The lowest BCUT2D eigenvalue weighted by Gasteiger charge is -2.19. The highest BCUT2D eigenvalue weighted by molar-refractivity contribution is 5.73. The van der Waals surface area contributed by atoms with Crippen molar-refractivity contribution in [1.29, 1.82) is 0 Å². The summed E-state index contributed by atoms with van der Waals surface area (Å²) in [6.45, 7) is 1.23. The van der Waals surface area contributed by atoms with E-state index in [9.17, 15) is 13.6 Å². The second-order valence-corrected chi connectivity index (χ2v) is 4.57. The van der Waals surface area contributed by atoms with E-state index in [0.717, 1.165) is 12.1 Å². The van der Waals surface area contributed by atoms with Crippen molar-refractivity contribution in [3.8, 4) is 0 Å². The molecule has 1 N–H and O–H groups in total. The molecular formula is C13H16F2N2O3. The minimum atomic E-state index is -0.923. The minimum absolute atomic E-state index is 0.143. The van der Waals surface area contributed by atoms with E-state index in [1.807, 2.05) is 0 Å². The molecular weight excluding hydrogens is 270 g/mol. The molecule has 2 rings (SSSR count). The predicted molar refractivity (Wildman–Crippen MR) is 66.9 cm³/mol. The number of carbonyl (C=O) groups excluding carboxylic acids is 1. The number of rotatable bonds is 4. The standard InChI is InChI=1S/C13H16F2N2O3/c1-17(6-9-2-3-11(14)12(15)4-9)13(18)16-5-10-7-19-8-20-10/h2-4,10H,5-8H2,1H3,(H,16,18). The van der Waals surface area contributed by atoms with E-state index in [1.54, 1.807) is 7.05 Å². The Balaban J connectivity index is 1.81. The van der Waals surface area contributed by atoms with Gasteiger partial charge >= 0.3 is 6.03 Å². The highest BCUT2D eigenvalue weighted by Gasteiger charge is 2.18. The number of halogens is 2. The summed E-state index contributed by atoms with van der Waals surface area (Å²) in [6, 6.07) is 3.24. The van der Waals surface area contributed by atoms with Gasteiger partial charge in [0.1, 0.15) is 12.9 Å². The van der Waals surface area contributed by atoms with Crippen LogP contribution in [0.25, 0.3) is 0 Å². The molecule has 1 unspecified atom stereocenters. The van der Waals surface area contributed by atoms with Crippen molar-refractivity contribution in [2.45, 2.75) is 12.6 Å². The van der Waals surface area contributed by atoms with E-state index in [4.69, 9.17) is 9.47 Å². The van der Waals surface area contributed by atoms with E-state index in [-0.39, 0.29) is 25.5 Å². The van der Waals surface area contributed by atoms with Gasteiger partial charge < -0.3 is 19.7 Å². The Morgan fingerprint density at radius 3 is 2.90 bits per heavy atom. The fourth-order valence-electron chi connectivity index (χ4n) is 1.81. The van der Waals surface area contributed by atoms with E-state index < -0.39 is 11.6 Å². The summed E-state index contributed by atoms with van der Waals surface area (Å²) >= 11 is 0. The fraction of sp³-hybridized carbons (Fsp3) is 0.462. The van der Waals surface area contributed by atoms with Crippen LogP contribution in [-0.2, 0) is 16.0 Å². The van der Waals surface area contributed by atoms with Crippen LogP contribution in [0.2, 0.25) is 0 Å². The molecule has 1 saturated heterocycles. The average molecular weight is 286 g/mol. The third-order valence-electron chi connectivity index (χ3n) is 2.92. The van der Waals surface area contributed by atoms with Gasteiger partial charge in [0.25, 0.3) is 0 Å². The zero-order chi connectivity index (χ0) is 14.5. The van der Waals surface area contributed by atoms with Gasteiger partial charge in [0.05, 0.1) is 6.61 Å². The molecule has 1 heterocycles. The van der Waals surface area contributed by atoms with Crippen LogP contribution in [0.3, 0.4) is 0 Å². The Morgan fingerprint density at radius 1 is 1.45 bits per heavy atom. The smallest absolute Gasteiger partial charge is 0.317 e. The molecule has 1 fully saturated rings. The molecule has 1 atom stereocenters. The van der Waals surface area contributed by atoms with Crippen LogP contribution in [0.15, 0.2) is 18.2 Å². The molecule has 20 heavy (non-hydrogen) atoms. The van der Waals surface area contributed by atoms with Gasteiger partial charge in [0.15, 0.2) is 11.6 Å². The normalized spacial score (nSPS) is 18.1. The zero-order valence-corrected chi connectivity index (χ0v) is 11.1. The molecule has 0 aromatic heterocycles. The lowest BCUT2D eigenvalue weighted by molar-refractivity contribution is 0.0472. The van der Waals surface area contributed by atoms with Crippen LogP contribution < -0.4 is 5.32 Å². The van der Waals surface area contributed by atoms with Gasteiger partial charge in [-0.1, -0.05) is 6.07 Å². The summed E-state index contributed by atoms with van der Waals surface area (Å²) in [6.07, 6.45) is -0.143. The number of carbonyl (C=O) groups is 1. The number of urea groups is 1. The summed E-state index contributed by atoms with van der Waals surface area (Å²) in [5.74, 6) is -1.83. The van der Waals surface area contributed by atoms with Gasteiger partial charge in [-0.15, -0.1) is 0 Å². The SMILES string of the molecule is CN(Cc1ccc(F)c(F)c1)C(=O)NCC1COCO1. The van der Waals surface area contributed by atoms with Crippen LogP contribution in [0, 0.1) is 11.6 Å². The number of hydrogen-bond acceptors (Lipinski definition) is 3. The largest absolute Gasteiger partial charge is 0.353 e. The molecule has 1 aromatic carbocycles. The van der Waals surface area contributed by atoms with E-state index in [0.29, 0.717) is 18.7 Å². The molecule has 1 aliphatic heterocycles. The van der Waals surface area contributed by atoms with Crippen molar-refractivity contribution < 1.29 is 23.0 Å². The topological polar surface area (TPSA) is 50.8 Å². The molecule has 0 spiro atoms. The van der Waals surface area contributed by atoms with Crippen molar-refractivity contribution in [3.63, 3.8) is 0 Å². The van der Waals surface area contributed by atoms with Gasteiger partial charge in [-0.3, -0.25) is 0 Å². The first-order valence-electron chi connectivity index (χ1n) is 6.18. The Bertz CT molecular complexity index is 479. The Hall–Kier alpha value is -1.73. The summed E-state index contributed by atoms with van der Waals surface area (Å²) < 4.78 is 36.0. The maximum atomic E-state index is 13.1. The molecule has 0 bridgehead atoms. The molecule has 110 valence electrons. The molecule has 2 amide bonds. The number of hydrogen-bond donors (Lipinski definition) is 1. The van der Waals surface area contributed by atoms with Crippen molar-refractivity contribution in [2.24, 2.45) is 0 Å². The Morgan fingerprint density at radius 2 is 2.25 bits per heavy atom. The number of amides is 2. The summed E-state index contributed by atoms with van der Waals surface area (Å²) in [4.78, 5) is 13.2. The summed E-state index contributed by atoms with van der Waals surface area (Å²) in [5.41, 5.74) is 0.516. The monoisotopic (exact) mass is 286 g/mol. The van der Waals surface area contributed by atoms with Crippen molar-refractivity contribution in [3.05, 3.63) is 35.4 Å². The maximum absolute atomic E-state index is 13.1. The van der Waals surface area contributed by atoms with Gasteiger partial charge in [-0.2, -0.15) is 0 Å². The molecule has 1 aromatic rings. The van der Waals surface area contributed by atoms with Gasteiger partial charge in [-0.05, 0) is 17.7 Å². The van der Waals surface area contributed by atoms with E-state index in [2.05, 4.69) is 5.32 Å². The van der Waals surface area contributed by atoms with Crippen LogP contribution in [-0.4, -0.2) is 44.0 Å². The van der Waals surface area contributed by atoms with Crippen molar-refractivity contribution in [2.75, 3.05) is 27.0 Å². The molecule has 5 nitrogen and oxygen atoms in total. The molecule has 7 heteroatoms. The molecule has 1 aliphatic rings. The number of benzene rings is 1. The summed E-state index contributed by atoms with van der Waals surface area (Å²) in [5, 5.41) is 2.68. The third kappa shape index (κ3) is 3.88. The van der Waals surface area contributed by atoms with Gasteiger partial charge in [0.2, 0.25) is 0 Å². The molecule has 0 saturated carbocycles. The zero-order valence-electron chi connectivity index (χ0n) is 11.1. The van der Waals surface area contributed by atoms with Crippen LogP contribution in [0.1, 0.15) is 5.56 Å². The molecule has 0 radical (unpaired) electrons. The van der Waals surface area contributed by atoms with E-state index in [1.165, 1.54) is 11.0 Å². The Kier molecular flexibility index (Phi) is 4.86. The van der Waals surface area contributed by atoms with E-state index >= 15 is 0 Å². The van der Waals surface area contributed by atoms with Crippen LogP contribution in [0.5, 0.6) is 0 Å².